The summed E-state index contributed by atoms with van der Waals surface area (Å²) < 4.78 is 0. The second-order valence-corrected chi connectivity index (χ2v) is 5.21. The molecular formula is C12H22N2O. The summed E-state index contributed by atoms with van der Waals surface area (Å²) in [6.45, 7) is 3.23. The van der Waals surface area contributed by atoms with Gasteiger partial charge in [-0.3, -0.25) is 4.79 Å². The fraction of sp³-hybridized carbons (Fsp3) is 0.917. The predicted octanol–water partition coefficient (Wildman–Crippen LogP) is 1.51. The Hall–Kier alpha value is -0.570. The molecule has 0 bridgehead atoms. The minimum atomic E-state index is -0.226. The highest BCUT2D eigenvalue weighted by Gasteiger charge is 2.32. The number of carbonyl (C=O) groups is 1. The molecule has 0 aromatic carbocycles. The number of hydrogen-bond acceptors (Lipinski definition) is 2. The van der Waals surface area contributed by atoms with Crippen LogP contribution in [0.15, 0.2) is 0 Å². The average molecular weight is 210 g/mol. The third-order valence-corrected chi connectivity index (χ3v) is 3.86. The van der Waals surface area contributed by atoms with E-state index in [1.165, 1.54) is 25.7 Å². The Morgan fingerprint density at radius 2 is 2.07 bits per heavy atom. The van der Waals surface area contributed by atoms with Crippen LogP contribution in [0, 0.1) is 5.92 Å². The van der Waals surface area contributed by atoms with Crippen LogP contribution in [0.2, 0.25) is 0 Å². The van der Waals surface area contributed by atoms with Gasteiger partial charge in [0.25, 0.3) is 0 Å². The summed E-state index contributed by atoms with van der Waals surface area (Å²) in [6, 6.07) is 0.253. The normalized spacial score (nSPS) is 38.1. The molecule has 3 atom stereocenters. The summed E-state index contributed by atoms with van der Waals surface area (Å²) in [7, 11) is 0. The van der Waals surface area contributed by atoms with Crippen LogP contribution in [0.5, 0.6) is 0 Å². The second-order valence-electron chi connectivity index (χ2n) is 5.21. The summed E-state index contributed by atoms with van der Waals surface area (Å²) >= 11 is 0. The van der Waals surface area contributed by atoms with Crippen LogP contribution in [0.25, 0.3) is 0 Å². The summed E-state index contributed by atoms with van der Waals surface area (Å²) in [6.07, 6.45) is 6.91. The standard InChI is InChI=1S/C12H22N2O/c1-9-4-2-5-10(8-9)14-7-3-6-11(13)12(14)15/h9-11H,2-8,13H2,1H3. The molecule has 2 N–H and O–H groups in total. The Morgan fingerprint density at radius 3 is 2.80 bits per heavy atom. The third kappa shape index (κ3) is 2.33. The third-order valence-electron chi connectivity index (χ3n) is 3.86. The average Bonchev–Trinajstić information content (AvgIpc) is 2.22. The Balaban J connectivity index is 1.99. The minimum Gasteiger partial charge on any atom is -0.338 e. The van der Waals surface area contributed by atoms with Crippen molar-refractivity contribution in [3.63, 3.8) is 0 Å². The first-order valence-corrected chi connectivity index (χ1v) is 6.24. The molecule has 3 heteroatoms. The van der Waals surface area contributed by atoms with E-state index in [9.17, 15) is 4.79 Å². The van der Waals surface area contributed by atoms with Gasteiger partial charge in [-0.1, -0.05) is 19.8 Å². The lowest BCUT2D eigenvalue weighted by molar-refractivity contribution is -0.138. The lowest BCUT2D eigenvalue weighted by Crippen LogP contribution is -2.53. The molecule has 3 nitrogen and oxygen atoms in total. The fourth-order valence-corrected chi connectivity index (χ4v) is 2.98. The smallest absolute Gasteiger partial charge is 0.239 e. The maximum absolute atomic E-state index is 11.9. The van der Waals surface area contributed by atoms with Crippen LogP contribution in [-0.4, -0.2) is 29.4 Å². The molecule has 0 aromatic heterocycles. The van der Waals surface area contributed by atoms with Gasteiger partial charge in [-0.25, -0.2) is 0 Å². The molecule has 1 saturated carbocycles. The molecule has 1 saturated heterocycles. The fourth-order valence-electron chi connectivity index (χ4n) is 2.98. The van der Waals surface area contributed by atoms with E-state index in [0.717, 1.165) is 25.3 Å². The Kier molecular flexibility index (Phi) is 3.29. The van der Waals surface area contributed by atoms with Gasteiger partial charge in [-0.05, 0) is 31.6 Å². The van der Waals surface area contributed by atoms with Gasteiger partial charge in [0.05, 0.1) is 6.04 Å². The number of hydrogen-bond donors (Lipinski definition) is 1. The van der Waals surface area contributed by atoms with Crippen molar-refractivity contribution in [2.45, 2.75) is 57.5 Å². The minimum absolute atomic E-state index is 0.195. The second kappa shape index (κ2) is 4.52. The van der Waals surface area contributed by atoms with Gasteiger partial charge in [0, 0.05) is 12.6 Å². The van der Waals surface area contributed by atoms with E-state index in [1.54, 1.807) is 0 Å². The van der Waals surface area contributed by atoms with Crippen LogP contribution in [0.1, 0.15) is 45.4 Å². The maximum atomic E-state index is 11.9. The molecule has 2 rings (SSSR count). The first-order valence-electron chi connectivity index (χ1n) is 6.24. The topological polar surface area (TPSA) is 46.3 Å². The first kappa shape index (κ1) is 10.9. The lowest BCUT2D eigenvalue weighted by Gasteiger charge is -2.40. The summed E-state index contributed by atoms with van der Waals surface area (Å²) in [5.41, 5.74) is 5.82. The van der Waals surface area contributed by atoms with E-state index in [4.69, 9.17) is 5.73 Å². The maximum Gasteiger partial charge on any atom is 0.239 e. The van der Waals surface area contributed by atoms with Crippen LogP contribution in [-0.2, 0) is 4.79 Å². The van der Waals surface area contributed by atoms with Gasteiger partial charge in [0.15, 0.2) is 0 Å². The van der Waals surface area contributed by atoms with Crippen LogP contribution >= 0.6 is 0 Å². The monoisotopic (exact) mass is 210 g/mol. The molecule has 1 heterocycles. The number of rotatable bonds is 1. The van der Waals surface area contributed by atoms with E-state index >= 15 is 0 Å². The number of carbonyl (C=O) groups excluding carboxylic acids is 1. The highest BCUT2D eigenvalue weighted by atomic mass is 16.2. The number of amides is 1. The van der Waals surface area contributed by atoms with Crippen molar-refractivity contribution in [1.29, 1.82) is 0 Å². The molecule has 2 aliphatic rings. The van der Waals surface area contributed by atoms with E-state index < -0.39 is 0 Å². The van der Waals surface area contributed by atoms with E-state index in [1.807, 2.05) is 0 Å². The molecule has 1 amide bonds. The predicted molar refractivity (Wildman–Crippen MR) is 60.3 cm³/mol. The number of nitrogens with two attached hydrogens (primary N) is 1. The van der Waals surface area contributed by atoms with Crippen molar-refractivity contribution in [1.82, 2.24) is 4.90 Å². The lowest BCUT2D eigenvalue weighted by atomic mass is 9.85. The Morgan fingerprint density at radius 1 is 1.27 bits per heavy atom. The highest BCUT2D eigenvalue weighted by Crippen LogP contribution is 2.29. The molecule has 1 aliphatic heterocycles. The van der Waals surface area contributed by atoms with Crippen molar-refractivity contribution >= 4 is 5.91 Å². The highest BCUT2D eigenvalue weighted by molar-refractivity contribution is 5.82. The van der Waals surface area contributed by atoms with E-state index in [2.05, 4.69) is 11.8 Å². The van der Waals surface area contributed by atoms with Crippen LogP contribution < -0.4 is 5.73 Å². The van der Waals surface area contributed by atoms with Crippen molar-refractivity contribution in [3.8, 4) is 0 Å². The van der Waals surface area contributed by atoms with Crippen LogP contribution in [0.3, 0.4) is 0 Å². The summed E-state index contributed by atoms with van der Waals surface area (Å²) in [4.78, 5) is 14.0. The molecule has 1 aliphatic carbocycles. The first-order chi connectivity index (χ1) is 7.18. The zero-order valence-electron chi connectivity index (χ0n) is 9.61. The zero-order valence-corrected chi connectivity index (χ0v) is 9.61. The van der Waals surface area contributed by atoms with Gasteiger partial charge in [-0.2, -0.15) is 0 Å². The molecule has 2 fully saturated rings. The quantitative estimate of drug-likeness (QED) is 0.713. The Labute approximate surface area is 92.0 Å². The number of likely N-dealkylation sites (tertiary alicyclic amines) is 1. The van der Waals surface area contributed by atoms with Gasteiger partial charge in [-0.15, -0.1) is 0 Å². The largest absolute Gasteiger partial charge is 0.338 e. The molecular weight excluding hydrogens is 188 g/mol. The van der Waals surface area contributed by atoms with Crippen molar-refractivity contribution in [3.05, 3.63) is 0 Å². The van der Waals surface area contributed by atoms with Crippen molar-refractivity contribution in [2.75, 3.05) is 6.54 Å². The van der Waals surface area contributed by atoms with Gasteiger partial charge in [0.1, 0.15) is 0 Å². The number of nitrogens with zero attached hydrogens (tertiary/aromatic N) is 1. The van der Waals surface area contributed by atoms with E-state index in [0.29, 0.717) is 6.04 Å². The molecule has 3 unspecified atom stereocenters. The van der Waals surface area contributed by atoms with Gasteiger partial charge in [0.2, 0.25) is 5.91 Å². The Bertz CT molecular complexity index is 242. The zero-order chi connectivity index (χ0) is 10.8. The SMILES string of the molecule is CC1CCCC(N2CCCC(N)C2=O)C1. The summed E-state index contributed by atoms with van der Waals surface area (Å²) in [5, 5.41) is 0. The van der Waals surface area contributed by atoms with Gasteiger partial charge >= 0.3 is 0 Å². The molecule has 15 heavy (non-hydrogen) atoms. The summed E-state index contributed by atoms with van der Waals surface area (Å²) in [5.74, 6) is 0.968. The molecule has 0 radical (unpaired) electrons. The van der Waals surface area contributed by atoms with Crippen molar-refractivity contribution in [2.24, 2.45) is 11.7 Å². The van der Waals surface area contributed by atoms with Crippen LogP contribution in [0.4, 0.5) is 0 Å². The molecule has 0 aromatic rings. The number of piperidine rings is 1. The van der Waals surface area contributed by atoms with Crippen molar-refractivity contribution < 1.29 is 4.79 Å². The molecule has 0 spiro atoms. The molecule has 86 valence electrons. The van der Waals surface area contributed by atoms with E-state index in [-0.39, 0.29) is 11.9 Å². The van der Waals surface area contributed by atoms with Gasteiger partial charge < -0.3 is 10.6 Å².